The number of rotatable bonds is 1. The van der Waals surface area contributed by atoms with Crippen molar-refractivity contribution in [1.82, 2.24) is 4.98 Å². The van der Waals surface area contributed by atoms with E-state index in [1.807, 2.05) is 0 Å². The molecule has 76 valence electrons. The van der Waals surface area contributed by atoms with Gasteiger partial charge in [0.25, 0.3) is 0 Å². The number of aryl methyl sites for hydroxylation is 1. The first-order chi connectivity index (χ1) is 7.36. The van der Waals surface area contributed by atoms with Crippen LogP contribution in [0, 0.1) is 6.92 Å². The Labute approximate surface area is 91.9 Å². The van der Waals surface area contributed by atoms with Crippen molar-refractivity contribution in [2.24, 2.45) is 0 Å². The molecule has 0 radical (unpaired) electrons. The first-order valence-electron chi connectivity index (χ1n) is 5.07. The molecule has 0 spiro atoms. The van der Waals surface area contributed by atoms with Gasteiger partial charge in [-0.2, -0.15) is 10.9 Å². The summed E-state index contributed by atoms with van der Waals surface area (Å²) in [6, 6.07) is 8.50. The fourth-order valence-corrected chi connectivity index (χ4v) is 3.73. The Morgan fingerprint density at radius 3 is 2.53 bits per heavy atom. The van der Waals surface area contributed by atoms with Crippen molar-refractivity contribution >= 4 is 21.8 Å². The predicted octanol–water partition coefficient (Wildman–Crippen LogP) is 3.88. The van der Waals surface area contributed by atoms with Crippen LogP contribution in [0.5, 0.6) is 0 Å². The second-order valence-electron chi connectivity index (χ2n) is 3.73. The summed E-state index contributed by atoms with van der Waals surface area (Å²) in [5.41, 5.74) is 2.65. The lowest BCUT2D eigenvalue weighted by Crippen LogP contribution is -1.77. The van der Waals surface area contributed by atoms with Crippen LogP contribution in [0.1, 0.15) is 5.56 Å². The lowest BCUT2D eigenvalue weighted by atomic mass is 10.2. The molecule has 1 aliphatic rings. The Bertz CT molecular complexity index is 551. The van der Waals surface area contributed by atoms with Gasteiger partial charge in [0.15, 0.2) is 0 Å². The van der Waals surface area contributed by atoms with Crippen LogP contribution in [0.25, 0.3) is 10.9 Å². The highest BCUT2D eigenvalue weighted by atomic mass is 32.2. The molecule has 0 unspecified atom stereocenters. The number of aromatic nitrogens is 1. The highest BCUT2D eigenvalue weighted by Crippen LogP contribution is 2.44. The van der Waals surface area contributed by atoms with Crippen LogP contribution in [0.4, 0.5) is 0 Å². The summed E-state index contributed by atoms with van der Waals surface area (Å²) in [5, 5.41) is 7.31. The largest absolute Gasteiger partial charge is 0.350 e. The molecule has 15 heavy (non-hydrogen) atoms. The molecule has 3 rings (SSSR count). The van der Waals surface area contributed by atoms with Crippen molar-refractivity contribution in [1.29, 1.82) is 0 Å². The third-order valence-corrected chi connectivity index (χ3v) is 4.75. The minimum atomic E-state index is -0.225. The van der Waals surface area contributed by atoms with Gasteiger partial charge < -0.3 is 4.98 Å². The van der Waals surface area contributed by atoms with Crippen molar-refractivity contribution in [2.75, 3.05) is 0 Å². The van der Waals surface area contributed by atoms with Crippen LogP contribution < -0.4 is 0 Å². The van der Waals surface area contributed by atoms with E-state index in [1.54, 1.807) is 0 Å². The van der Waals surface area contributed by atoms with Gasteiger partial charge in [-0.25, -0.2) is 0 Å². The molecule has 2 aromatic rings. The van der Waals surface area contributed by atoms with Crippen molar-refractivity contribution in [3.63, 3.8) is 0 Å². The van der Waals surface area contributed by atoms with E-state index < -0.39 is 0 Å². The van der Waals surface area contributed by atoms with Crippen molar-refractivity contribution in [3.8, 4) is 0 Å². The predicted molar refractivity (Wildman–Crippen MR) is 68.6 cm³/mol. The van der Waals surface area contributed by atoms with Gasteiger partial charge in [0, 0.05) is 10.9 Å². The molecule has 2 heteroatoms. The third kappa shape index (κ3) is 1.33. The Morgan fingerprint density at radius 2 is 1.80 bits per heavy atom. The summed E-state index contributed by atoms with van der Waals surface area (Å²) in [5.74, 6) is 0. The Balaban J connectivity index is 2.23. The van der Waals surface area contributed by atoms with Crippen molar-refractivity contribution < 1.29 is 0 Å². The minimum Gasteiger partial charge on any atom is -0.350 e. The smallest absolute Gasteiger partial charge is 0.0634 e. The monoisotopic (exact) mass is 215 g/mol. The molecular formula is C13H13NS. The number of fused-ring (bicyclic) bond motifs is 1. The van der Waals surface area contributed by atoms with Crippen LogP contribution in [0.3, 0.4) is 0 Å². The zero-order valence-electron chi connectivity index (χ0n) is 8.57. The zero-order valence-corrected chi connectivity index (χ0v) is 9.46. The highest BCUT2D eigenvalue weighted by Gasteiger charge is 2.11. The number of aromatic amines is 1. The molecule has 0 saturated heterocycles. The highest BCUT2D eigenvalue weighted by molar-refractivity contribution is 8.22. The van der Waals surface area contributed by atoms with E-state index in [-0.39, 0.29) is 10.9 Å². The maximum atomic E-state index is 3.53. The first-order valence-corrected chi connectivity index (χ1v) is 6.55. The number of para-hydroxylation sites is 1. The third-order valence-electron chi connectivity index (χ3n) is 2.80. The lowest BCUT2D eigenvalue weighted by molar-refractivity contribution is 1.19. The molecule has 0 atom stereocenters. The second kappa shape index (κ2) is 3.31. The molecule has 0 aliphatic carbocycles. The number of H-pyrrole nitrogens is 1. The van der Waals surface area contributed by atoms with Gasteiger partial charge in [-0.3, -0.25) is 0 Å². The van der Waals surface area contributed by atoms with E-state index in [4.69, 9.17) is 0 Å². The van der Waals surface area contributed by atoms with E-state index in [0.29, 0.717) is 0 Å². The van der Waals surface area contributed by atoms with Crippen molar-refractivity contribution in [2.45, 2.75) is 11.9 Å². The number of benzene rings is 1. The van der Waals surface area contributed by atoms with Crippen LogP contribution in [-0.2, 0) is 0 Å². The standard InChI is InChI=1S/C13H13NS/c1-10-11-6-2-3-7-12(11)14-13(10)15-8-4-5-9-15/h2-9,14-15H,1H3. The molecule has 1 nitrogen and oxygen atoms in total. The normalized spacial score (nSPS) is 16.7. The summed E-state index contributed by atoms with van der Waals surface area (Å²) in [4.78, 5) is 3.53. The van der Waals surface area contributed by atoms with Gasteiger partial charge in [0.2, 0.25) is 0 Å². The van der Waals surface area contributed by atoms with E-state index in [9.17, 15) is 0 Å². The summed E-state index contributed by atoms with van der Waals surface area (Å²) in [7, 11) is -0.225. The van der Waals surface area contributed by atoms with Crippen LogP contribution in [-0.4, -0.2) is 4.98 Å². The van der Waals surface area contributed by atoms with Crippen LogP contribution >= 0.6 is 10.9 Å². The second-order valence-corrected chi connectivity index (χ2v) is 5.59. The number of hydrogen-bond donors (Lipinski definition) is 2. The van der Waals surface area contributed by atoms with Gasteiger partial charge >= 0.3 is 0 Å². The minimum absolute atomic E-state index is 0.225. The molecule has 1 N–H and O–H groups in total. The number of nitrogens with one attached hydrogen (secondary N) is 1. The molecular weight excluding hydrogens is 202 g/mol. The molecule has 1 aromatic heterocycles. The summed E-state index contributed by atoms with van der Waals surface area (Å²) >= 11 is 0. The van der Waals surface area contributed by atoms with E-state index in [2.05, 4.69) is 59.1 Å². The molecule has 0 saturated carbocycles. The molecule has 2 heterocycles. The average Bonchev–Trinajstić information content (AvgIpc) is 2.87. The van der Waals surface area contributed by atoms with E-state index >= 15 is 0 Å². The van der Waals surface area contributed by atoms with E-state index in [0.717, 1.165) is 0 Å². The van der Waals surface area contributed by atoms with Crippen LogP contribution in [0.15, 0.2) is 52.3 Å². The topological polar surface area (TPSA) is 15.8 Å². The fraction of sp³-hybridized carbons (Fsp3) is 0.0769. The zero-order chi connectivity index (χ0) is 10.3. The Morgan fingerprint density at radius 1 is 1.07 bits per heavy atom. The molecule has 0 bridgehead atoms. The molecule has 1 aromatic carbocycles. The Hall–Kier alpha value is -1.41. The quantitative estimate of drug-likeness (QED) is 0.672. The molecule has 0 fully saturated rings. The van der Waals surface area contributed by atoms with Gasteiger partial charge in [-0.05, 0) is 29.4 Å². The Kier molecular flexibility index (Phi) is 1.96. The fourth-order valence-electron chi connectivity index (χ4n) is 2.01. The van der Waals surface area contributed by atoms with Crippen molar-refractivity contribution in [3.05, 3.63) is 52.8 Å². The van der Waals surface area contributed by atoms with Gasteiger partial charge in [-0.15, -0.1) is 0 Å². The molecule has 0 amide bonds. The van der Waals surface area contributed by atoms with Crippen LogP contribution in [0.2, 0.25) is 0 Å². The first kappa shape index (κ1) is 8.86. The summed E-state index contributed by atoms with van der Waals surface area (Å²) in [6.45, 7) is 2.20. The van der Waals surface area contributed by atoms with Gasteiger partial charge in [0.1, 0.15) is 0 Å². The number of thiol groups is 1. The number of hydrogen-bond acceptors (Lipinski definition) is 0. The SMILES string of the molecule is Cc1c([SH]2C=CC=C2)[nH]c2ccccc12. The molecule has 1 aliphatic heterocycles. The lowest BCUT2D eigenvalue weighted by Gasteiger charge is -2.08. The summed E-state index contributed by atoms with van der Waals surface area (Å²) < 4.78 is 0. The summed E-state index contributed by atoms with van der Waals surface area (Å²) in [6.07, 6.45) is 4.27. The van der Waals surface area contributed by atoms with E-state index in [1.165, 1.54) is 21.5 Å². The van der Waals surface area contributed by atoms with Gasteiger partial charge in [-0.1, -0.05) is 30.4 Å². The maximum Gasteiger partial charge on any atom is 0.0634 e. The van der Waals surface area contributed by atoms with Gasteiger partial charge in [0.05, 0.1) is 5.03 Å². The number of allylic oxidation sites excluding steroid dienone is 2. The maximum absolute atomic E-state index is 3.53. The average molecular weight is 215 g/mol.